The van der Waals surface area contributed by atoms with Crippen LogP contribution in [0.15, 0.2) is 30.3 Å². The van der Waals surface area contributed by atoms with Gasteiger partial charge in [0.2, 0.25) is 5.91 Å². The summed E-state index contributed by atoms with van der Waals surface area (Å²) in [4.78, 5) is 49.2. The molecule has 0 aliphatic carbocycles. The molecule has 9 nitrogen and oxygen atoms in total. The summed E-state index contributed by atoms with van der Waals surface area (Å²) in [6, 6.07) is 9.06. The van der Waals surface area contributed by atoms with Crippen LogP contribution >= 0.6 is 0 Å². The van der Waals surface area contributed by atoms with Gasteiger partial charge in [-0.2, -0.15) is 0 Å². The topological polar surface area (TPSA) is 111 Å². The van der Waals surface area contributed by atoms with Crippen molar-refractivity contribution < 1.29 is 33.4 Å². The normalized spacial score (nSPS) is 11.2. The van der Waals surface area contributed by atoms with E-state index in [1.54, 1.807) is 0 Å². The van der Waals surface area contributed by atoms with Crippen molar-refractivity contribution in [2.45, 2.75) is 51.7 Å². The van der Waals surface area contributed by atoms with Gasteiger partial charge in [0.15, 0.2) is 0 Å². The molecule has 0 radical (unpaired) electrons. The summed E-state index contributed by atoms with van der Waals surface area (Å²) in [5.41, 5.74) is 0.879. The fourth-order valence-corrected chi connectivity index (χ4v) is 3.03. The third kappa shape index (κ3) is 10.5. The number of methoxy groups -OCH3 is 2. The molecule has 0 heterocycles. The minimum absolute atomic E-state index is 0.0101. The van der Waals surface area contributed by atoms with E-state index in [0.717, 1.165) is 12.0 Å². The number of benzene rings is 1. The molecule has 1 N–H and O–H groups in total. The van der Waals surface area contributed by atoms with E-state index in [4.69, 9.17) is 4.74 Å². The van der Waals surface area contributed by atoms with E-state index in [1.807, 2.05) is 37.3 Å². The molecule has 1 aromatic rings. The van der Waals surface area contributed by atoms with Crippen LogP contribution in [0.2, 0.25) is 0 Å². The van der Waals surface area contributed by atoms with Gasteiger partial charge in [-0.25, -0.2) is 4.79 Å². The van der Waals surface area contributed by atoms with Crippen molar-refractivity contribution in [2.24, 2.45) is 0 Å². The predicted molar refractivity (Wildman–Crippen MR) is 113 cm³/mol. The first-order valence-electron chi connectivity index (χ1n) is 10.3. The molecule has 2 amide bonds. The number of rotatable bonds is 13. The van der Waals surface area contributed by atoms with Crippen molar-refractivity contribution >= 4 is 23.9 Å². The standard InChI is InChI=1S/C22H32N2O7/c1-4-8-18(11-13-23-22(28)31-16-17-9-6-5-7-10-17)24(14-12-20(26)29-2)19(25)15-21(27)30-3/h5-7,9-10,18H,4,8,11-16H2,1-3H3,(H,23,28). The van der Waals surface area contributed by atoms with Crippen molar-refractivity contribution in [1.82, 2.24) is 10.2 Å². The number of hydrogen-bond acceptors (Lipinski definition) is 7. The molecular weight excluding hydrogens is 404 g/mol. The second-order valence-electron chi connectivity index (χ2n) is 6.89. The van der Waals surface area contributed by atoms with Gasteiger partial charge in [0.25, 0.3) is 0 Å². The first kappa shape index (κ1) is 25.9. The summed E-state index contributed by atoms with van der Waals surface area (Å²) < 4.78 is 14.4. The molecule has 1 rings (SSSR count). The SMILES string of the molecule is CCCC(CCNC(=O)OCc1ccccc1)N(CCC(=O)OC)C(=O)CC(=O)OC. The first-order chi connectivity index (χ1) is 14.9. The first-order valence-corrected chi connectivity index (χ1v) is 10.3. The summed E-state index contributed by atoms with van der Waals surface area (Å²) in [6.45, 7) is 2.52. The summed E-state index contributed by atoms with van der Waals surface area (Å²) in [6.07, 6.45) is 0.919. The van der Waals surface area contributed by atoms with Crippen LogP contribution in [0.25, 0.3) is 0 Å². The number of nitrogens with one attached hydrogen (secondary N) is 1. The molecule has 0 aliphatic rings. The Balaban J connectivity index is 2.65. The highest BCUT2D eigenvalue weighted by Crippen LogP contribution is 2.14. The van der Waals surface area contributed by atoms with Crippen LogP contribution in [0.4, 0.5) is 4.79 Å². The largest absolute Gasteiger partial charge is 0.469 e. The Bertz CT molecular complexity index is 709. The van der Waals surface area contributed by atoms with Crippen LogP contribution in [0.1, 0.15) is 44.6 Å². The summed E-state index contributed by atoms with van der Waals surface area (Å²) in [7, 11) is 2.49. The van der Waals surface area contributed by atoms with Gasteiger partial charge >= 0.3 is 18.0 Å². The van der Waals surface area contributed by atoms with Crippen LogP contribution in [0, 0.1) is 0 Å². The Morgan fingerprint density at radius 1 is 1.00 bits per heavy atom. The van der Waals surface area contributed by atoms with E-state index in [0.29, 0.717) is 12.8 Å². The fraction of sp³-hybridized carbons (Fsp3) is 0.545. The Labute approximate surface area is 183 Å². The van der Waals surface area contributed by atoms with Crippen molar-refractivity contribution in [1.29, 1.82) is 0 Å². The van der Waals surface area contributed by atoms with E-state index >= 15 is 0 Å². The molecular formula is C22H32N2O7. The summed E-state index contributed by atoms with van der Waals surface area (Å²) in [5.74, 6) is -1.53. The second kappa shape index (κ2) is 14.8. The lowest BCUT2D eigenvalue weighted by molar-refractivity contribution is -0.148. The van der Waals surface area contributed by atoms with Gasteiger partial charge < -0.3 is 24.4 Å². The maximum Gasteiger partial charge on any atom is 0.407 e. The van der Waals surface area contributed by atoms with Gasteiger partial charge in [0.1, 0.15) is 13.0 Å². The Hall–Kier alpha value is -3.10. The van der Waals surface area contributed by atoms with Crippen molar-refractivity contribution in [3.63, 3.8) is 0 Å². The molecule has 1 unspecified atom stereocenters. The second-order valence-corrected chi connectivity index (χ2v) is 6.89. The maximum atomic E-state index is 12.6. The minimum Gasteiger partial charge on any atom is -0.469 e. The van der Waals surface area contributed by atoms with Crippen LogP contribution < -0.4 is 5.32 Å². The van der Waals surface area contributed by atoms with Gasteiger partial charge in [-0.3, -0.25) is 14.4 Å². The van der Waals surface area contributed by atoms with Crippen LogP contribution in [-0.2, 0) is 35.2 Å². The average Bonchev–Trinajstić information content (AvgIpc) is 2.78. The van der Waals surface area contributed by atoms with Crippen LogP contribution in [-0.4, -0.2) is 62.2 Å². The maximum absolute atomic E-state index is 12.6. The Morgan fingerprint density at radius 2 is 1.68 bits per heavy atom. The molecule has 1 aromatic carbocycles. The van der Waals surface area contributed by atoms with E-state index in [-0.39, 0.29) is 32.2 Å². The van der Waals surface area contributed by atoms with Crippen LogP contribution in [0.5, 0.6) is 0 Å². The summed E-state index contributed by atoms with van der Waals surface area (Å²) in [5, 5.41) is 2.68. The average molecular weight is 437 g/mol. The van der Waals surface area contributed by atoms with Crippen LogP contribution in [0.3, 0.4) is 0 Å². The number of esters is 2. The van der Waals surface area contributed by atoms with Gasteiger partial charge in [0, 0.05) is 19.1 Å². The quantitative estimate of drug-likeness (QED) is 0.287. The molecule has 0 spiro atoms. The number of carbonyl (C=O) groups excluding carboxylic acids is 4. The van der Waals surface area contributed by atoms with Gasteiger partial charge in [-0.1, -0.05) is 43.7 Å². The van der Waals surface area contributed by atoms with E-state index in [1.165, 1.54) is 19.1 Å². The highest BCUT2D eigenvalue weighted by Gasteiger charge is 2.26. The van der Waals surface area contributed by atoms with Gasteiger partial charge in [-0.05, 0) is 18.4 Å². The molecule has 9 heteroatoms. The van der Waals surface area contributed by atoms with Gasteiger partial charge in [-0.15, -0.1) is 0 Å². The molecule has 0 bridgehead atoms. The zero-order chi connectivity index (χ0) is 23.1. The number of ether oxygens (including phenoxy) is 3. The zero-order valence-electron chi connectivity index (χ0n) is 18.4. The van der Waals surface area contributed by atoms with E-state index in [2.05, 4.69) is 14.8 Å². The Morgan fingerprint density at radius 3 is 2.29 bits per heavy atom. The van der Waals surface area contributed by atoms with Crippen molar-refractivity contribution in [3.05, 3.63) is 35.9 Å². The number of amides is 2. The molecule has 0 aliphatic heterocycles. The predicted octanol–water partition coefficient (Wildman–Crippen LogP) is 2.43. The van der Waals surface area contributed by atoms with Gasteiger partial charge in [0.05, 0.1) is 20.6 Å². The molecule has 0 fully saturated rings. The number of hydrogen-bond donors (Lipinski definition) is 1. The zero-order valence-corrected chi connectivity index (χ0v) is 18.4. The third-order valence-electron chi connectivity index (χ3n) is 4.65. The molecule has 1 atom stereocenters. The van der Waals surface area contributed by atoms with Crippen molar-refractivity contribution in [2.75, 3.05) is 27.3 Å². The molecule has 0 aromatic heterocycles. The lowest BCUT2D eigenvalue weighted by atomic mass is 10.1. The highest BCUT2D eigenvalue weighted by atomic mass is 16.5. The molecule has 172 valence electrons. The van der Waals surface area contributed by atoms with E-state index < -0.39 is 30.4 Å². The highest BCUT2D eigenvalue weighted by molar-refractivity contribution is 5.94. The Kier molecular flexibility index (Phi) is 12.4. The van der Waals surface area contributed by atoms with E-state index in [9.17, 15) is 19.2 Å². The lowest BCUT2D eigenvalue weighted by Gasteiger charge is -2.31. The minimum atomic E-state index is -0.647. The number of carbonyl (C=O) groups is 4. The molecule has 0 saturated heterocycles. The summed E-state index contributed by atoms with van der Waals surface area (Å²) >= 11 is 0. The smallest absolute Gasteiger partial charge is 0.407 e. The fourth-order valence-electron chi connectivity index (χ4n) is 3.03. The van der Waals surface area contributed by atoms with Crippen molar-refractivity contribution in [3.8, 4) is 0 Å². The molecule has 31 heavy (non-hydrogen) atoms. The number of nitrogens with zero attached hydrogens (tertiary/aromatic N) is 1. The monoisotopic (exact) mass is 436 g/mol. The third-order valence-corrected chi connectivity index (χ3v) is 4.65. The number of alkyl carbamates (subject to hydrolysis) is 1. The lowest BCUT2D eigenvalue weighted by Crippen LogP contribution is -2.44. The molecule has 0 saturated carbocycles.